The Morgan fingerprint density at radius 2 is 1.56 bits per heavy atom. The van der Waals surface area contributed by atoms with Gasteiger partial charge in [-0.25, -0.2) is 0 Å². The summed E-state index contributed by atoms with van der Waals surface area (Å²) in [7, 11) is 0. The molecule has 2 aromatic rings. The van der Waals surface area contributed by atoms with E-state index < -0.39 is 11.8 Å². The highest BCUT2D eigenvalue weighted by atomic mass is 35.5. The van der Waals surface area contributed by atoms with Gasteiger partial charge in [-0.15, -0.1) is 0 Å². The van der Waals surface area contributed by atoms with E-state index in [9.17, 15) is 9.59 Å². The van der Waals surface area contributed by atoms with Gasteiger partial charge in [0.05, 0.1) is 6.10 Å². The summed E-state index contributed by atoms with van der Waals surface area (Å²) in [5.74, 6) is -0.0776. The smallest absolute Gasteiger partial charge is 0.269 e. The molecule has 0 bridgehead atoms. The Labute approximate surface area is 151 Å². The van der Waals surface area contributed by atoms with Gasteiger partial charge in [-0.1, -0.05) is 17.7 Å². The molecule has 25 heavy (non-hydrogen) atoms. The summed E-state index contributed by atoms with van der Waals surface area (Å²) in [5, 5.41) is 0.455. The Balaban J connectivity index is 1.53. The summed E-state index contributed by atoms with van der Waals surface area (Å²) in [4.78, 5) is 24.1. The molecule has 0 saturated heterocycles. The standard InChI is InChI=1S/C19H19ClN2O3/c20-15-5-3-4-14(12-15)19(24)22-21-18(23)13-8-10-17(11-9-13)25-16-6-1-2-7-16/h3-5,8-12,16H,1-2,6-7H2,(H,21,23)(H,22,24). The van der Waals surface area contributed by atoms with Crippen molar-refractivity contribution in [2.45, 2.75) is 31.8 Å². The molecule has 0 radical (unpaired) electrons. The maximum Gasteiger partial charge on any atom is 0.269 e. The fraction of sp³-hybridized carbons (Fsp3) is 0.263. The van der Waals surface area contributed by atoms with Gasteiger partial charge in [0.25, 0.3) is 11.8 Å². The van der Waals surface area contributed by atoms with Gasteiger partial charge < -0.3 is 4.74 Å². The highest BCUT2D eigenvalue weighted by Gasteiger charge is 2.16. The first-order chi connectivity index (χ1) is 12.1. The first-order valence-corrected chi connectivity index (χ1v) is 8.62. The Kier molecular flexibility index (Phi) is 5.56. The first-order valence-electron chi connectivity index (χ1n) is 8.25. The first kappa shape index (κ1) is 17.3. The maximum absolute atomic E-state index is 12.1. The van der Waals surface area contributed by atoms with Gasteiger partial charge in [-0.3, -0.25) is 20.4 Å². The minimum Gasteiger partial charge on any atom is -0.490 e. The number of amides is 2. The average molecular weight is 359 g/mol. The predicted octanol–water partition coefficient (Wildman–Crippen LogP) is 3.74. The van der Waals surface area contributed by atoms with Gasteiger partial charge in [0.15, 0.2) is 0 Å². The lowest BCUT2D eigenvalue weighted by atomic mass is 10.2. The molecule has 0 spiro atoms. The number of ether oxygens (including phenoxy) is 1. The van der Waals surface area contributed by atoms with E-state index in [0.717, 1.165) is 18.6 Å². The largest absolute Gasteiger partial charge is 0.490 e. The lowest BCUT2D eigenvalue weighted by Crippen LogP contribution is -2.41. The van der Waals surface area contributed by atoms with E-state index in [1.165, 1.54) is 18.9 Å². The van der Waals surface area contributed by atoms with Crippen molar-refractivity contribution in [3.8, 4) is 5.75 Å². The van der Waals surface area contributed by atoms with Crippen LogP contribution in [0.2, 0.25) is 5.02 Å². The van der Waals surface area contributed by atoms with Gasteiger partial charge in [-0.05, 0) is 68.1 Å². The minimum absolute atomic E-state index is 0.275. The number of carbonyl (C=O) groups is 2. The van der Waals surface area contributed by atoms with Crippen LogP contribution >= 0.6 is 11.6 Å². The molecule has 0 aromatic heterocycles. The van der Waals surface area contributed by atoms with Crippen molar-refractivity contribution < 1.29 is 14.3 Å². The van der Waals surface area contributed by atoms with Crippen LogP contribution in [0.15, 0.2) is 48.5 Å². The molecule has 2 aromatic carbocycles. The van der Waals surface area contributed by atoms with E-state index in [-0.39, 0.29) is 6.10 Å². The predicted molar refractivity (Wildman–Crippen MR) is 95.7 cm³/mol. The van der Waals surface area contributed by atoms with Crippen LogP contribution in [-0.2, 0) is 0 Å². The second-order valence-electron chi connectivity index (χ2n) is 5.97. The summed E-state index contributed by atoms with van der Waals surface area (Å²) < 4.78 is 5.86. The molecular formula is C19H19ClN2O3. The Hall–Kier alpha value is -2.53. The SMILES string of the molecule is O=C(NNC(=O)c1cccc(Cl)c1)c1ccc(OC2CCCC2)cc1. The highest BCUT2D eigenvalue weighted by molar-refractivity contribution is 6.30. The average Bonchev–Trinajstić information content (AvgIpc) is 3.13. The molecule has 0 heterocycles. The minimum atomic E-state index is -0.433. The molecule has 3 rings (SSSR count). The van der Waals surface area contributed by atoms with Crippen molar-refractivity contribution in [2.75, 3.05) is 0 Å². The third-order valence-corrected chi connectivity index (χ3v) is 4.33. The zero-order valence-corrected chi connectivity index (χ0v) is 14.4. The molecule has 2 N–H and O–H groups in total. The summed E-state index contributed by atoms with van der Waals surface area (Å²) in [6, 6.07) is 13.4. The third-order valence-electron chi connectivity index (χ3n) is 4.10. The molecule has 0 aliphatic heterocycles. The van der Waals surface area contributed by atoms with E-state index >= 15 is 0 Å². The number of hydrogen-bond donors (Lipinski definition) is 2. The van der Waals surface area contributed by atoms with Gasteiger partial charge in [0.2, 0.25) is 0 Å². The number of halogens is 1. The van der Waals surface area contributed by atoms with Crippen LogP contribution in [0.4, 0.5) is 0 Å². The van der Waals surface area contributed by atoms with Crippen LogP contribution in [0.25, 0.3) is 0 Å². The topological polar surface area (TPSA) is 67.4 Å². The van der Waals surface area contributed by atoms with Crippen LogP contribution in [0, 0.1) is 0 Å². The summed E-state index contributed by atoms with van der Waals surface area (Å²) in [6.45, 7) is 0. The summed E-state index contributed by atoms with van der Waals surface area (Å²) in [6.07, 6.45) is 4.85. The molecule has 1 fully saturated rings. The van der Waals surface area contributed by atoms with E-state index in [2.05, 4.69) is 10.9 Å². The molecule has 5 nitrogen and oxygen atoms in total. The lowest BCUT2D eigenvalue weighted by Gasteiger charge is -2.13. The van der Waals surface area contributed by atoms with Crippen LogP contribution < -0.4 is 15.6 Å². The van der Waals surface area contributed by atoms with Crippen LogP contribution in [0.1, 0.15) is 46.4 Å². The van der Waals surface area contributed by atoms with Crippen LogP contribution in [-0.4, -0.2) is 17.9 Å². The number of carbonyl (C=O) groups excluding carboxylic acids is 2. The zero-order valence-electron chi connectivity index (χ0n) is 13.6. The Morgan fingerprint density at radius 3 is 2.20 bits per heavy atom. The second-order valence-corrected chi connectivity index (χ2v) is 6.40. The number of hydrazine groups is 1. The zero-order chi connectivity index (χ0) is 17.6. The molecule has 1 saturated carbocycles. The molecule has 6 heteroatoms. The quantitative estimate of drug-likeness (QED) is 0.818. The Morgan fingerprint density at radius 1 is 0.920 bits per heavy atom. The van der Waals surface area contributed by atoms with Crippen molar-refractivity contribution in [1.82, 2.24) is 10.9 Å². The van der Waals surface area contributed by atoms with Crippen LogP contribution in [0.3, 0.4) is 0 Å². The van der Waals surface area contributed by atoms with Gasteiger partial charge in [0.1, 0.15) is 5.75 Å². The van der Waals surface area contributed by atoms with E-state index in [1.54, 1.807) is 42.5 Å². The molecule has 1 aliphatic rings. The fourth-order valence-electron chi connectivity index (χ4n) is 2.77. The van der Waals surface area contributed by atoms with Crippen molar-refractivity contribution in [1.29, 1.82) is 0 Å². The lowest BCUT2D eigenvalue weighted by molar-refractivity contribution is 0.0846. The number of benzene rings is 2. The number of nitrogens with one attached hydrogen (secondary N) is 2. The van der Waals surface area contributed by atoms with Crippen molar-refractivity contribution >= 4 is 23.4 Å². The summed E-state index contributed by atoms with van der Waals surface area (Å²) in [5.41, 5.74) is 5.56. The molecule has 130 valence electrons. The molecule has 1 aliphatic carbocycles. The van der Waals surface area contributed by atoms with Gasteiger partial charge >= 0.3 is 0 Å². The normalized spacial score (nSPS) is 14.1. The van der Waals surface area contributed by atoms with Crippen molar-refractivity contribution in [3.05, 3.63) is 64.7 Å². The number of hydrogen-bond acceptors (Lipinski definition) is 3. The molecular weight excluding hydrogens is 340 g/mol. The van der Waals surface area contributed by atoms with Gasteiger partial charge in [-0.2, -0.15) is 0 Å². The summed E-state index contributed by atoms with van der Waals surface area (Å²) >= 11 is 5.84. The van der Waals surface area contributed by atoms with E-state index in [0.29, 0.717) is 16.1 Å². The maximum atomic E-state index is 12.1. The highest BCUT2D eigenvalue weighted by Crippen LogP contribution is 2.24. The second kappa shape index (κ2) is 8.03. The monoisotopic (exact) mass is 358 g/mol. The van der Waals surface area contributed by atoms with Crippen LogP contribution in [0.5, 0.6) is 5.75 Å². The van der Waals surface area contributed by atoms with Gasteiger partial charge in [0, 0.05) is 16.1 Å². The third kappa shape index (κ3) is 4.73. The molecule has 2 amide bonds. The molecule has 0 atom stereocenters. The Bertz CT molecular complexity index is 756. The molecule has 0 unspecified atom stereocenters. The van der Waals surface area contributed by atoms with E-state index in [4.69, 9.17) is 16.3 Å². The van der Waals surface area contributed by atoms with Crippen molar-refractivity contribution in [2.24, 2.45) is 0 Å². The van der Waals surface area contributed by atoms with E-state index in [1.807, 2.05) is 0 Å². The number of rotatable bonds is 4. The van der Waals surface area contributed by atoms with Crippen molar-refractivity contribution in [3.63, 3.8) is 0 Å². The fourth-order valence-corrected chi connectivity index (χ4v) is 2.96.